The van der Waals surface area contributed by atoms with Crippen LogP contribution in [0.5, 0.6) is 5.75 Å². The van der Waals surface area contributed by atoms with Crippen molar-refractivity contribution in [2.75, 3.05) is 12.9 Å². The molecule has 0 unspecified atom stereocenters. The Morgan fingerprint density at radius 2 is 1.74 bits per heavy atom. The zero-order chi connectivity index (χ0) is 13.7. The van der Waals surface area contributed by atoms with Gasteiger partial charge in [-0.2, -0.15) is 0 Å². The summed E-state index contributed by atoms with van der Waals surface area (Å²) in [5.74, 6) is 1.32. The number of ketones is 1. The second kappa shape index (κ2) is 6.78. The molecule has 19 heavy (non-hydrogen) atoms. The highest BCUT2D eigenvalue weighted by atomic mass is 79.9. The minimum atomic E-state index is 0.121. The molecule has 98 valence electrons. The molecule has 0 aromatic heterocycles. The van der Waals surface area contributed by atoms with Gasteiger partial charge in [0.1, 0.15) is 5.75 Å². The molecule has 0 radical (unpaired) electrons. The highest BCUT2D eigenvalue weighted by molar-refractivity contribution is 9.10. The van der Waals surface area contributed by atoms with E-state index < -0.39 is 0 Å². The third-order valence-corrected chi connectivity index (χ3v) is 4.14. The number of thioether (sulfide) groups is 1. The standard InChI is InChI=1S/C15H13BrO2S/c1-18-13-6-2-11(3-7-13)15(17)10-19-14-8-4-12(16)5-9-14/h2-9H,10H2,1H3. The first-order chi connectivity index (χ1) is 9.19. The number of hydrogen-bond donors (Lipinski definition) is 0. The Balaban J connectivity index is 1.95. The molecule has 4 heteroatoms. The Labute approximate surface area is 125 Å². The molecular weight excluding hydrogens is 324 g/mol. The Kier molecular flexibility index (Phi) is 5.05. The minimum absolute atomic E-state index is 0.121. The maximum Gasteiger partial charge on any atom is 0.173 e. The van der Waals surface area contributed by atoms with E-state index in [4.69, 9.17) is 4.74 Å². The number of halogens is 1. The van der Waals surface area contributed by atoms with Gasteiger partial charge in [-0.1, -0.05) is 15.9 Å². The van der Waals surface area contributed by atoms with Crippen LogP contribution in [-0.4, -0.2) is 18.6 Å². The lowest BCUT2D eigenvalue weighted by Gasteiger charge is -2.03. The number of Topliss-reactive ketones (excluding diaryl/α,β-unsaturated/α-hetero) is 1. The molecule has 0 bridgehead atoms. The third kappa shape index (κ3) is 4.11. The van der Waals surface area contributed by atoms with E-state index in [0.717, 1.165) is 15.1 Å². The van der Waals surface area contributed by atoms with Gasteiger partial charge in [0.25, 0.3) is 0 Å². The van der Waals surface area contributed by atoms with Crippen molar-refractivity contribution in [2.24, 2.45) is 0 Å². The fourth-order valence-electron chi connectivity index (χ4n) is 1.54. The van der Waals surface area contributed by atoms with Gasteiger partial charge in [0, 0.05) is 14.9 Å². The molecule has 0 amide bonds. The van der Waals surface area contributed by atoms with Crippen molar-refractivity contribution in [3.8, 4) is 5.75 Å². The summed E-state index contributed by atoms with van der Waals surface area (Å²) in [6.45, 7) is 0. The predicted octanol–water partition coefficient (Wildman–Crippen LogP) is 4.43. The molecule has 0 spiro atoms. The summed E-state index contributed by atoms with van der Waals surface area (Å²) in [7, 11) is 1.61. The fraction of sp³-hybridized carbons (Fsp3) is 0.133. The molecule has 0 fully saturated rings. The number of carbonyl (C=O) groups excluding carboxylic acids is 1. The second-order valence-corrected chi connectivity index (χ2v) is 5.86. The lowest BCUT2D eigenvalue weighted by atomic mass is 10.1. The maximum absolute atomic E-state index is 12.0. The third-order valence-electron chi connectivity index (χ3n) is 2.60. The maximum atomic E-state index is 12.0. The summed E-state index contributed by atoms with van der Waals surface area (Å²) < 4.78 is 6.11. The number of benzene rings is 2. The Hall–Kier alpha value is -1.26. The van der Waals surface area contributed by atoms with Crippen LogP contribution in [0, 0.1) is 0 Å². The molecule has 0 saturated heterocycles. The fourth-order valence-corrected chi connectivity index (χ4v) is 2.60. The van der Waals surface area contributed by atoms with Crippen molar-refractivity contribution in [3.05, 3.63) is 58.6 Å². The smallest absolute Gasteiger partial charge is 0.173 e. The van der Waals surface area contributed by atoms with Gasteiger partial charge in [-0.3, -0.25) is 4.79 Å². The van der Waals surface area contributed by atoms with Crippen LogP contribution in [0.1, 0.15) is 10.4 Å². The van der Waals surface area contributed by atoms with Crippen LogP contribution >= 0.6 is 27.7 Å². The molecule has 0 aliphatic rings. The van der Waals surface area contributed by atoms with Gasteiger partial charge in [0.2, 0.25) is 0 Å². The van der Waals surface area contributed by atoms with Crippen LogP contribution in [-0.2, 0) is 0 Å². The first-order valence-electron chi connectivity index (χ1n) is 5.74. The first-order valence-corrected chi connectivity index (χ1v) is 7.52. The van der Waals surface area contributed by atoms with Crippen LogP contribution in [0.25, 0.3) is 0 Å². The zero-order valence-electron chi connectivity index (χ0n) is 10.4. The van der Waals surface area contributed by atoms with Gasteiger partial charge in [-0.05, 0) is 48.5 Å². The molecule has 2 rings (SSSR count). The second-order valence-electron chi connectivity index (χ2n) is 3.89. The number of ether oxygens (including phenoxy) is 1. The normalized spacial score (nSPS) is 10.2. The average Bonchev–Trinajstić information content (AvgIpc) is 2.46. The molecule has 0 saturated carbocycles. The van der Waals surface area contributed by atoms with E-state index in [2.05, 4.69) is 15.9 Å². The van der Waals surface area contributed by atoms with Gasteiger partial charge < -0.3 is 4.74 Å². The van der Waals surface area contributed by atoms with Crippen LogP contribution in [0.15, 0.2) is 57.9 Å². The van der Waals surface area contributed by atoms with E-state index in [9.17, 15) is 4.79 Å². The summed E-state index contributed by atoms with van der Waals surface area (Å²) in [4.78, 5) is 13.1. The van der Waals surface area contributed by atoms with Gasteiger partial charge in [-0.25, -0.2) is 0 Å². The van der Waals surface area contributed by atoms with E-state index in [-0.39, 0.29) is 5.78 Å². The molecule has 0 aliphatic heterocycles. The van der Waals surface area contributed by atoms with Gasteiger partial charge in [-0.15, -0.1) is 11.8 Å². The van der Waals surface area contributed by atoms with Gasteiger partial charge >= 0.3 is 0 Å². The van der Waals surface area contributed by atoms with E-state index in [1.165, 1.54) is 0 Å². The Morgan fingerprint density at radius 1 is 1.11 bits per heavy atom. The number of carbonyl (C=O) groups is 1. The predicted molar refractivity (Wildman–Crippen MR) is 82.2 cm³/mol. The molecule has 2 aromatic rings. The van der Waals surface area contributed by atoms with Crippen molar-refractivity contribution in [2.45, 2.75) is 4.90 Å². The van der Waals surface area contributed by atoms with E-state index in [1.807, 2.05) is 24.3 Å². The van der Waals surface area contributed by atoms with E-state index >= 15 is 0 Å². The summed E-state index contributed by atoms with van der Waals surface area (Å²) in [6, 6.07) is 15.1. The summed E-state index contributed by atoms with van der Waals surface area (Å²) >= 11 is 4.93. The lowest BCUT2D eigenvalue weighted by Crippen LogP contribution is -2.02. The quantitative estimate of drug-likeness (QED) is 0.596. The highest BCUT2D eigenvalue weighted by Gasteiger charge is 2.06. The molecule has 0 aliphatic carbocycles. The molecule has 0 N–H and O–H groups in total. The Morgan fingerprint density at radius 3 is 2.32 bits per heavy atom. The minimum Gasteiger partial charge on any atom is -0.497 e. The Bertz CT molecular complexity index is 549. The van der Waals surface area contributed by atoms with E-state index in [1.54, 1.807) is 43.1 Å². The summed E-state index contributed by atoms with van der Waals surface area (Å²) in [5.41, 5.74) is 0.713. The van der Waals surface area contributed by atoms with Crippen LogP contribution < -0.4 is 4.74 Å². The topological polar surface area (TPSA) is 26.3 Å². The summed E-state index contributed by atoms with van der Waals surface area (Å²) in [6.07, 6.45) is 0. The highest BCUT2D eigenvalue weighted by Crippen LogP contribution is 2.22. The van der Waals surface area contributed by atoms with Gasteiger partial charge in [0.05, 0.1) is 12.9 Å². The number of hydrogen-bond acceptors (Lipinski definition) is 3. The monoisotopic (exact) mass is 336 g/mol. The zero-order valence-corrected chi connectivity index (χ0v) is 12.8. The van der Waals surface area contributed by atoms with E-state index in [0.29, 0.717) is 11.3 Å². The van der Waals surface area contributed by atoms with Crippen molar-refractivity contribution < 1.29 is 9.53 Å². The first kappa shape index (κ1) is 14.2. The van der Waals surface area contributed by atoms with Crippen molar-refractivity contribution in [1.82, 2.24) is 0 Å². The van der Waals surface area contributed by atoms with Crippen molar-refractivity contribution in [3.63, 3.8) is 0 Å². The van der Waals surface area contributed by atoms with Crippen LogP contribution in [0.2, 0.25) is 0 Å². The van der Waals surface area contributed by atoms with Crippen molar-refractivity contribution in [1.29, 1.82) is 0 Å². The lowest BCUT2D eigenvalue weighted by molar-refractivity contribution is 0.102. The SMILES string of the molecule is COc1ccc(C(=O)CSc2ccc(Br)cc2)cc1. The van der Waals surface area contributed by atoms with Crippen LogP contribution in [0.4, 0.5) is 0 Å². The largest absolute Gasteiger partial charge is 0.497 e. The molecule has 0 heterocycles. The average molecular weight is 337 g/mol. The van der Waals surface area contributed by atoms with Crippen LogP contribution in [0.3, 0.4) is 0 Å². The van der Waals surface area contributed by atoms with Gasteiger partial charge in [0.15, 0.2) is 5.78 Å². The van der Waals surface area contributed by atoms with Crippen molar-refractivity contribution >= 4 is 33.5 Å². The number of rotatable bonds is 5. The molecular formula is C15H13BrO2S. The molecule has 2 aromatic carbocycles. The molecule has 2 nitrogen and oxygen atoms in total. The number of methoxy groups -OCH3 is 1. The molecule has 0 atom stereocenters. The summed E-state index contributed by atoms with van der Waals surface area (Å²) in [5, 5.41) is 0.